The van der Waals surface area contributed by atoms with Gasteiger partial charge in [0.2, 0.25) is 5.91 Å². The molecule has 0 spiro atoms. The average molecular weight is 369 g/mol. The molecule has 2 unspecified atom stereocenters. The molecule has 1 saturated heterocycles. The first-order chi connectivity index (χ1) is 11.5. The molecule has 1 amide bonds. The number of nitrogens with zero attached hydrogens (tertiary/aromatic N) is 1. The van der Waals surface area contributed by atoms with E-state index >= 15 is 0 Å². The molecule has 2 N–H and O–H groups in total. The quantitative estimate of drug-likeness (QED) is 0.743. The lowest BCUT2D eigenvalue weighted by atomic mass is 9.92. The topological polar surface area (TPSA) is 55.6 Å². The number of nitrogens with two attached hydrogens (primary N) is 1. The standard InChI is InChI=1S/C20H32N2O2.ClH/c1-15-9-10-16(2)19(13-15)24-12-5-4-8-20(23)22-11-6-7-18(14-22)17(3)21;/h9-10,13,17-18H,4-8,11-12,14,21H2,1-3H3;1H. The summed E-state index contributed by atoms with van der Waals surface area (Å²) in [5.74, 6) is 1.68. The Kier molecular flexibility index (Phi) is 9.30. The van der Waals surface area contributed by atoms with Gasteiger partial charge in [0.15, 0.2) is 0 Å². The van der Waals surface area contributed by atoms with Crippen molar-refractivity contribution in [2.75, 3.05) is 19.7 Å². The maximum atomic E-state index is 12.3. The van der Waals surface area contributed by atoms with Gasteiger partial charge in [-0.25, -0.2) is 0 Å². The number of halogens is 1. The molecule has 4 nitrogen and oxygen atoms in total. The summed E-state index contributed by atoms with van der Waals surface area (Å²) in [5, 5.41) is 0. The van der Waals surface area contributed by atoms with Crippen LogP contribution < -0.4 is 10.5 Å². The number of hydrogen-bond acceptors (Lipinski definition) is 3. The molecular weight excluding hydrogens is 336 g/mol. The Morgan fingerprint density at radius 2 is 2.12 bits per heavy atom. The lowest BCUT2D eigenvalue weighted by Gasteiger charge is -2.34. The molecule has 1 aromatic carbocycles. The lowest BCUT2D eigenvalue weighted by Crippen LogP contribution is -2.45. The fraction of sp³-hybridized carbons (Fsp3) is 0.650. The van der Waals surface area contributed by atoms with Crippen molar-refractivity contribution in [1.82, 2.24) is 4.90 Å². The predicted molar refractivity (Wildman–Crippen MR) is 105 cm³/mol. The second-order valence-electron chi connectivity index (χ2n) is 7.18. The molecule has 0 radical (unpaired) electrons. The normalized spacial score (nSPS) is 18.4. The molecule has 25 heavy (non-hydrogen) atoms. The van der Waals surface area contributed by atoms with Gasteiger partial charge < -0.3 is 15.4 Å². The molecular formula is C20H33ClN2O2. The van der Waals surface area contributed by atoms with Gasteiger partial charge in [0.1, 0.15) is 5.75 Å². The van der Waals surface area contributed by atoms with Crippen LogP contribution in [0, 0.1) is 19.8 Å². The Morgan fingerprint density at radius 1 is 1.36 bits per heavy atom. The lowest BCUT2D eigenvalue weighted by molar-refractivity contribution is -0.133. The molecule has 1 fully saturated rings. The summed E-state index contributed by atoms with van der Waals surface area (Å²) in [5.41, 5.74) is 8.36. The summed E-state index contributed by atoms with van der Waals surface area (Å²) in [6, 6.07) is 6.42. The first-order valence-electron chi connectivity index (χ1n) is 9.21. The fourth-order valence-corrected chi connectivity index (χ4v) is 3.25. The van der Waals surface area contributed by atoms with E-state index in [9.17, 15) is 4.79 Å². The number of amides is 1. The van der Waals surface area contributed by atoms with Crippen LogP contribution in [0.25, 0.3) is 0 Å². The van der Waals surface area contributed by atoms with E-state index in [2.05, 4.69) is 32.0 Å². The molecule has 2 atom stereocenters. The molecule has 1 aliphatic rings. The van der Waals surface area contributed by atoms with Crippen LogP contribution in [0.15, 0.2) is 18.2 Å². The Hall–Kier alpha value is -1.26. The van der Waals surface area contributed by atoms with Crippen molar-refractivity contribution in [1.29, 1.82) is 0 Å². The number of benzene rings is 1. The fourth-order valence-electron chi connectivity index (χ4n) is 3.25. The zero-order valence-electron chi connectivity index (χ0n) is 15.8. The summed E-state index contributed by atoms with van der Waals surface area (Å²) in [7, 11) is 0. The summed E-state index contributed by atoms with van der Waals surface area (Å²) in [4.78, 5) is 14.3. The van der Waals surface area contributed by atoms with E-state index in [4.69, 9.17) is 10.5 Å². The number of carbonyl (C=O) groups is 1. The van der Waals surface area contributed by atoms with Gasteiger partial charge in [0.05, 0.1) is 6.61 Å². The van der Waals surface area contributed by atoms with Crippen molar-refractivity contribution < 1.29 is 9.53 Å². The minimum atomic E-state index is 0. The van der Waals surface area contributed by atoms with E-state index in [0.717, 1.165) is 50.1 Å². The maximum absolute atomic E-state index is 12.3. The van der Waals surface area contributed by atoms with Crippen LogP contribution in [0.5, 0.6) is 5.75 Å². The second-order valence-corrected chi connectivity index (χ2v) is 7.18. The van der Waals surface area contributed by atoms with E-state index in [1.165, 1.54) is 5.56 Å². The number of piperidine rings is 1. The summed E-state index contributed by atoms with van der Waals surface area (Å²) >= 11 is 0. The molecule has 1 aromatic rings. The van der Waals surface area contributed by atoms with Gasteiger partial charge in [-0.05, 0) is 69.6 Å². The molecule has 0 bridgehead atoms. The predicted octanol–water partition coefficient (Wildman–Crippen LogP) is 3.86. The van der Waals surface area contributed by atoms with Crippen molar-refractivity contribution in [2.24, 2.45) is 11.7 Å². The van der Waals surface area contributed by atoms with Gasteiger partial charge in [0.25, 0.3) is 0 Å². The van der Waals surface area contributed by atoms with Crippen LogP contribution >= 0.6 is 12.4 Å². The maximum Gasteiger partial charge on any atom is 0.222 e. The van der Waals surface area contributed by atoms with Crippen molar-refractivity contribution in [3.8, 4) is 5.75 Å². The largest absolute Gasteiger partial charge is 0.493 e. The average Bonchev–Trinajstić information content (AvgIpc) is 2.57. The van der Waals surface area contributed by atoms with E-state index in [1.54, 1.807) is 0 Å². The third-order valence-electron chi connectivity index (χ3n) is 4.94. The first-order valence-corrected chi connectivity index (χ1v) is 9.21. The van der Waals surface area contributed by atoms with Crippen LogP contribution in [0.3, 0.4) is 0 Å². The highest BCUT2D eigenvalue weighted by Gasteiger charge is 2.25. The molecule has 0 saturated carbocycles. The van der Waals surface area contributed by atoms with Gasteiger partial charge in [-0.3, -0.25) is 4.79 Å². The SMILES string of the molecule is Cc1ccc(C)c(OCCCCC(=O)N2CCCC(C(C)N)C2)c1.Cl. The number of hydrogen-bond donors (Lipinski definition) is 1. The number of carbonyl (C=O) groups excluding carboxylic acids is 1. The van der Waals surface area contributed by atoms with Crippen molar-refractivity contribution in [3.63, 3.8) is 0 Å². The van der Waals surface area contributed by atoms with Crippen LogP contribution in [0.4, 0.5) is 0 Å². The number of aryl methyl sites for hydroxylation is 2. The van der Waals surface area contributed by atoms with Crippen molar-refractivity contribution in [2.45, 2.75) is 58.9 Å². The molecule has 5 heteroatoms. The minimum absolute atomic E-state index is 0. The molecule has 0 aromatic heterocycles. The van der Waals surface area contributed by atoms with Crippen LogP contribution in [0.1, 0.15) is 50.2 Å². The third kappa shape index (κ3) is 6.87. The van der Waals surface area contributed by atoms with Crippen LogP contribution in [0.2, 0.25) is 0 Å². The van der Waals surface area contributed by atoms with E-state index in [-0.39, 0.29) is 24.4 Å². The van der Waals surface area contributed by atoms with E-state index in [0.29, 0.717) is 18.9 Å². The monoisotopic (exact) mass is 368 g/mol. The Morgan fingerprint density at radius 3 is 2.84 bits per heavy atom. The smallest absolute Gasteiger partial charge is 0.222 e. The second kappa shape index (κ2) is 10.7. The van der Waals surface area contributed by atoms with Gasteiger partial charge >= 0.3 is 0 Å². The Labute approximate surface area is 158 Å². The Balaban J connectivity index is 0.00000312. The summed E-state index contributed by atoms with van der Waals surface area (Å²) in [6.07, 6.45) is 4.62. The zero-order chi connectivity index (χ0) is 17.5. The van der Waals surface area contributed by atoms with Crippen molar-refractivity contribution in [3.05, 3.63) is 29.3 Å². The minimum Gasteiger partial charge on any atom is -0.493 e. The highest BCUT2D eigenvalue weighted by atomic mass is 35.5. The van der Waals surface area contributed by atoms with E-state index in [1.807, 2.05) is 11.8 Å². The third-order valence-corrected chi connectivity index (χ3v) is 4.94. The molecule has 2 rings (SSSR count). The number of ether oxygens (including phenoxy) is 1. The highest BCUT2D eigenvalue weighted by molar-refractivity contribution is 5.85. The van der Waals surface area contributed by atoms with Gasteiger partial charge in [-0.15, -0.1) is 12.4 Å². The van der Waals surface area contributed by atoms with E-state index < -0.39 is 0 Å². The van der Waals surface area contributed by atoms with Gasteiger partial charge in [0, 0.05) is 25.6 Å². The number of likely N-dealkylation sites (tertiary alicyclic amines) is 1. The summed E-state index contributed by atoms with van der Waals surface area (Å²) in [6.45, 7) is 8.56. The number of rotatable bonds is 7. The molecule has 1 aliphatic heterocycles. The molecule has 0 aliphatic carbocycles. The highest BCUT2D eigenvalue weighted by Crippen LogP contribution is 2.21. The van der Waals surface area contributed by atoms with Crippen molar-refractivity contribution >= 4 is 18.3 Å². The zero-order valence-corrected chi connectivity index (χ0v) is 16.6. The first kappa shape index (κ1) is 21.8. The number of unbranched alkanes of at least 4 members (excludes halogenated alkanes) is 1. The van der Waals surface area contributed by atoms with Gasteiger partial charge in [-0.2, -0.15) is 0 Å². The Bertz CT molecular complexity index is 548. The molecule has 1 heterocycles. The van der Waals surface area contributed by atoms with Crippen LogP contribution in [-0.2, 0) is 4.79 Å². The molecule has 142 valence electrons. The van der Waals surface area contributed by atoms with Gasteiger partial charge in [-0.1, -0.05) is 12.1 Å². The van der Waals surface area contributed by atoms with Crippen LogP contribution in [-0.4, -0.2) is 36.5 Å². The summed E-state index contributed by atoms with van der Waals surface area (Å²) < 4.78 is 5.85.